The van der Waals surface area contributed by atoms with Crippen molar-refractivity contribution in [3.8, 4) is 5.88 Å². The molecule has 160 valence electrons. The van der Waals surface area contributed by atoms with Gasteiger partial charge < -0.3 is 14.5 Å². The number of nitrogens with zero attached hydrogens (tertiary/aromatic N) is 3. The van der Waals surface area contributed by atoms with Crippen molar-refractivity contribution in [3.05, 3.63) is 53.7 Å². The van der Waals surface area contributed by atoms with E-state index >= 15 is 0 Å². The Hall–Kier alpha value is -2.42. The molecule has 2 aliphatic heterocycles. The number of anilines is 1. The Balaban J connectivity index is 1.42. The lowest BCUT2D eigenvalue weighted by Gasteiger charge is -2.36. The Morgan fingerprint density at radius 2 is 1.93 bits per heavy atom. The quantitative estimate of drug-likeness (QED) is 0.725. The summed E-state index contributed by atoms with van der Waals surface area (Å²) in [6.07, 6.45) is -1.76. The number of ether oxygens (including phenoxy) is 1. The zero-order valence-electron chi connectivity index (χ0n) is 16.3. The summed E-state index contributed by atoms with van der Waals surface area (Å²) >= 11 is 1.82. The van der Waals surface area contributed by atoms with Crippen LogP contribution in [0.4, 0.5) is 18.9 Å². The van der Waals surface area contributed by atoms with Gasteiger partial charge in [0.15, 0.2) is 0 Å². The van der Waals surface area contributed by atoms with E-state index in [1.54, 1.807) is 29.3 Å². The summed E-state index contributed by atoms with van der Waals surface area (Å²) in [6, 6.07) is 8.73. The number of carbonyl (C=O) groups is 1. The molecule has 1 atom stereocenters. The molecule has 2 saturated heterocycles. The van der Waals surface area contributed by atoms with Gasteiger partial charge in [0.1, 0.15) is 11.7 Å². The number of hydrogen-bond donors (Lipinski definition) is 0. The molecule has 0 radical (unpaired) electrons. The summed E-state index contributed by atoms with van der Waals surface area (Å²) in [7, 11) is 0. The fourth-order valence-corrected chi connectivity index (χ4v) is 4.72. The summed E-state index contributed by atoms with van der Waals surface area (Å²) in [6.45, 7) is 1.76. The summed E-state index contributed by atoms with van der Waals surface area (Å²) in [5.74, 6) is 2.13. The molecule has 4 rings (SSSR count). The van der Waals surface area contributed by atoms with Crippen LogP contribution in [0.15, 0.2) is 42.6 Å². The third-order valence-corrected chi connectivity index (χ3v) is 6.41. The van der Waals surface area contributed by atoms with Gasteiger partial charge in [-0.05, 0) is 42.5 Å². The lowest BCUT2D eigenvalue weighted by Crippen LogP contribution is -2.49. The number of rotatable bonds is 4. The first-order valence-corrected chi connectivity index (χ1v) is 11.0. The fraction of sp³-hybridized carbons (Fsp3) is 0.429. The predicted octanol–water partition coefficient (Wildman–Crippen LogP) is 3.95. The number of amides is 1. The van der Waals surface area contributed by atoms with Gasteiger partial charge in [-0.1, -0.05) is 6.07 Å². The molecule has 0 saturated carbocycles. The van der Waals surface area contributed by atoms with Crippen molar-refractivity contribution in [1.29, 1.82) is 0 Å². The SMILES string of the molecule is O=C(c1cccnc1OC1CCSC1)N1CCN(c2cccc(C(F)(F)F)c2)CC1. The van der Waals surface area contributed by atoms with Crippen molar-refractivity contribution in [3.63, 3.8) is 0 Å². The highest BCUT2D eigenvalue weighted by Crippen LogP contribution is 2.32. The third-order valence-electron chi connectivity index (χ3n) is 5.27. The maximum atomic E-state index is 13.1. The number of piperazine rings is 1. The van der Waals surface area contributed by atoms with Crippen LogP contribution in [0.25, 0.3) is 0 Å². The molecule has 9 heteroatoms. The molecule has 3 heterocycles. The zero-order valence-corrected chi connectivity index (χ0v) is 17.1. The minimum atomic E-state index is -4.37. The number of halogens is 3. The van der Waals surface area contributed by atoms with E-state index in [4.69, 9.17) is 4.74 Å². The second-order valence-electron chi connectivity index (χ2n) is 7.29. The maximum Gasteiger partial charge on any atom is 0.416 e. The Kier molecular flexibility index (Phi) is 6.08. The second kappa shape index (κ2) is 8.75. The molecule has 5 nitrogen and oxygen atoms in total. The average Bonchev–Trinajstić information content (AvgIpc) is 3.26. The third kappa shape index (κ3) is 4.66. The lowest BCUT2D eigenvalue weighted by molar-refractivity contribution is -0.137. The highest BCUT2D eigenvalue weighted by molar-refractivity contribution is 7.99. The van der Waals surface area contributed by atoms with Gasteiger partial charge in [-0.25, -0.2) is 4.98 Å². The van der Waals surface area contributed by atoms with E-state index in [2.05, 4.69) is 4.98 Å². The average molecular weight is 437 g/mol. The summed E-state index contributed by atoms with van der Waals surface area (Å²) in [4.78, 5) is 20.9. The van der Waals surface area contributed by atoms with E-state index < -0.39 is 11.7 Å². The topological polar surface area (TPSA) is 45.7 Å². The van der Waals surface area contributed by atoms with Crippen molar-refractivity contribution >= 4 is 23.4 Å². The number of carbonyl (C=O) groups excluding carboxylic acids is 1. The molecule has 2 fully saturated rings. The van der Waals surface area contributed by atoms with Gasteiger partial charge in [0.05, 0.1) is 5.56 Å². The molecule has 30 heavy (non-hydrogen) atoms. The number of pyridine rings is 1. The van der Waals surface area contributed by atoms with Crippen LogP contribution in [0.3, 0.4) is 0 Å². The highest BCUT2D eigenvalue weighted by Gasteiger charge is 2.32. The maximum absolute atomic E-state index is 13.1. The first-order chi connectivity index (χ1) is 14.4. The van der Waals surface area contributed by atoms with Crippen molar-refractivity contribution < 1.29 is 22.7 Å². The van der Waals surface area contributed by atoms with Crippen molar-refractivity contribution in [2.24, 2.45) is 0 Å². The van der Waals surface area contributed by atoms with Crippen molar-refractivity contribution in [2.45, 2.75) is 18.7 Å². The Morgan fingerprint density at radius 1 is 1.13 bits per heavy atom. The minimum absolute atomic E-state index is 0.0641. The van der Waals surface area contributed by atoms with Crippen LogP contribution in [-0.4, -0.2) is 59.6 Å². The summed E-state index contributed by atoms with van der Waals surface area (Å²) in [5, 5.41) is 0. The highest BCUT2D eigenvalue weighted by atomic mass is 32.2. The number of benzene rings is 1. The molecule has 0 N–H and O–H groups in total. The second-order valence-corrected chi connectivity index (χ2v) is 8.44. The van der Waals surface area contributed by atoms with E-state index in [-0.39, 0.29) is 12.0 Å². The number of aromatic nitrogens is 1. The van der Waals surface area contributed by atoms with Gasteiger partial charge in [-0.3, -0.25) is 4.79 Å². The van der Waals surface area contributed by atoms with Gasteiger partial charge in [0.25, 0.3) is 5.91 Å². The van der Waals surface area contributed by atoms with E-state index in [0.717, 1.165) is 30.1 Å². The predicted molar refractivity (Wildman–Crippen MR) is 110 cm³/mol. The van der Waals surface area contributed by atoms with Crippen LogP contribution in [0, 0.1) is 0 Å². The molecular weight excluding hydrogens is 415 g/mol. The van der Waals surface area contributed by atoms with Crippen molar-refractivity contribution in [2.75, 3.05) is 42.6 Å². The monoisotopic (exact) mass is 437 g/mol. The lowest BCUT2D eigenvalue weighted by atomic mass is 10.1. The minimum Gasteiger partial charge on any atom is -0.473 e. The summed E-state index contributed by atoms with van der Waals surface area (Å²) < 4.78 is 44.9. The van der Waals surface area contributed by atoms with Crippen LogP contribution in [0.2, 0.25) is 0 Å². The number of alkyl halides is 3. The van der Waals surface area contributed by atoms with E-state index in [0.29, 0.717) is 43.3 Å². The molecule has 0 aliphatic carbocycles. The van der Waals surface area contributed by atoms with Crippen LogP contribution in [-0.2, 0) is 6.18 Å². The van der Waals surface area contributed by atoms with Gasteiger partial charge in [0.2, 0.25) is 5.88 Å². The van der Waals surface area contributed by atoms with Gasteiger partial charge in [0, 0.05) is 43.8 Å². The van der Waals surface area contributed by atoms with Crippen molar-refractivity contribution in [1.82, 2.24) is 9.88 Å². The fourth-order valence-electron chi connectivity index (χ4n) is 3.63. The Labute approximate surface area is 177 Å². The molecule has 1 amide bonds. The Bertz CT molecular complexity index is 895. The normalized spacial score (nSPS) is 19.8. The number of hydrogen-bond acceptors (Lipinski definition) is 5. The number of thioether (sulfide) groups is 1. The molecule has 1 aromatic heterocycles. The van der Waals surface area contributed by atoms with E-state index in [1.807, 2.05) is 16.7 Å². The first kappa shape index (κ1) is 20.8. The van der Waals surface area contributed by atoms with E-state index in [1.165, 1.54) is 6.07 Å². The molecule has 2 aliphatic rings. The van der Waals surface area contributed by atoms with E-state index in [9.17, 15) is 18.0 Å². The molecule has 2 aromatic rings. The van der Waals surface area contributed by atoms with Crippen LogP contribution in [0.5, 0.6) is 5.88 Å². The first-order valence-electron chi connectivity index (χ1n) is 9.83. The zero-order chi connectivity index (χ0) is 21.1. The van der Waals surface area contributed by atoms with Crippen LogP contribution in [0.1, 0.15) is 22.3 Å². The largest absolute Gasteiger partial charge is 0.473 e. The smallest absolute Gasteiger partial charge is 0.416 e. The molecule has 1 unspecified atom stereocenters. The van der Waals surface area contributed by atoms with Gasteiger partial charge in [-0.15, -0.1) is 0 Å². The molecule has 1 aromatic carbocycles. The molecular formula is C21H22F3N3O2S. The molecule has 0 bridgehead atoms. The van der Waals surface area contributed by atoms with Crippen LogP contribution >= 0.6 is 11.8 Å². The standard InChI is InChI=1S/C21H22F3N3O2S/c22-21(23,24)15-3-1-4-16(13-15)26-8-10-27(11-9-26)20(28)18-5-2-7-25-19(18)29-17-6-12-30-14-17/h1-5,7,13,17H,6,8-12,14H2. The van der Waals surface area contributed by atoms with Gasteiger partial charge >= 0.3 is 6.18 Å². The summed E-state index contributed by atoms with van der Waals surface area (Å²) in [5.41, 5.74) is 0.281. The van der Waals surface area contributed by atoms with Crippen LogP contribution < -0.4 is 9.64 Å². The Morgan fingerprint density at radius 3 is 2.63 bits per heavy atom. The molecule has 0 spiro atoms. The van der Waals surface area contributed by atoms with Gasteiger partial charge in [-0.2, -0.15) is 24.9 Å².